The highest BCUT2D eigenvalue weighted by molar-refractivity contribution is 6.30. The first-order chi connectivity index (χ1) is 9.06. The molecule has 2 rings (SSSR count). The first kappa shape index (κ1) is 13.7. The quantitative estimate of drug-likeness (QED) is 0.661. The Kier molecular flexibility index (Phi) is 4.31. The lowest BCUT2D eigenvalue weighted by Gasteiger charge is -2.11. The highest BCUT2D eigenvalue weighted by atomic mass is 35.5. The van der Waals surface area contributed by atoms with Gasteiger partial charge in [-0.1, -0.05) is 36.4 Å². The Morgan fingerprint density at radius 2 is 1.00 bits per heavy atom. The molecule has 3 heteroatoms. The summed E-state index contributed by atoms with van der Waals surface area (Å²) in [4.78, 5) is 0. The van der Waals surface area contributed by atoms with E-state index in [0.717, 1.165) is 11.1 Å². The zero-order valence-electron chi connectivity index (χ0n) is 10.2. The summed E-state index contributed by atoms with van der Waals surface area (Å²) in [6, 6.07) is 14.5. The zero-order chi connectivity index (χ0) is 13.8. The summed E-state index contributed by atoms with van der Waals surface area (Å²) in [6.45, 7) is 7.77. The second-order valence-electron chi connectivity index (χ2n) is 3.96. The van der Waals surface area contributed by atoms with Crippen molar-refractivity contribution in [3.63, 3.8) is 0 Å². The first-order valence-corrected chi connectivity index (χ1v) is 6.39. The number of hydrogen-bond acceptors (Lipinski definition) is 1. The molecular formula is C16H12Cl2O. The van der Waals surface area contributed by atoms with Crippen LogP contribution >= 0.6 is 23.2 Å². The van der Waals surface area contributed by atoms with Gasteiger partial charge >= 0.3 is 0 Å². The van der Waals surface area contributed by atoms with Crippen LogP contribution in [0.25, 0.3) is 11.5 Å². The second-order valence-corrected chi connectivity index (χ2v) is 4.84. The summed E-state index contributed by atoms with van der Waals surface area (Å²) in [5.41, 5.74) is 1.72. The molecule has 0 N–H and O–H groups in total. The van der Waals surface area contributed by atoms with E-state index < -0.39 is 0 Å². The Bertz CT molecular complexity index is 542. The van der Waals surface area contributed by atoms with Gasteiger partial charge in [-0.25, -0.2) is 0 Å². The second kappa shape index (κ2) is 5.96. The summed E-state index contributed by atoms with van der Waals surface area (Å²) in [7, 11) is 0. The largest absolute Gasteiger partial charge is 0.457 e. The molecular weight excluding hydrogens is 279 g/mol. The van der Waals surface area contributed by atoms with Gasteiger partial charge in [0, 0.05) is 21.2 Å². The van der Waals surface area contributed by atoms with Crippen molar-refractivity contribution in [2.75, 3.05) is 0 Å². The molecule has 0 saturated heterocycles. The van der Waals surface area contributed by atoms with Crippen LogP contribution in [0.1, 0.15) is 11.1 Å². The van der Waals surface area contributed by atoms with E-state index in [0.29, 0.717) is 21.6 Å². The van der Waals surface area contributed by atoms with E-state index in [1.807, 2.05) is 24.3 Å². The molecule has 0 heterocycles. The lowest BCUT2D eigenvalue weighted by atomic mass is 10.2. The van der Waals surface area contributed by atoms with Crippen LogP contribution in [0.4, 0.5) is 0 Å². The minimum absolute atomic E-state index is 0.525. The van der Waals surface area contributed by atoms with E-state index in [9.17, 15) is 0 Å². The molecule has 0 amide bonds. The van der Waals surface area contributed by atoms with Crippen molar-refractivity contribution < 1.29 is 4.74 Å². The van der Waals surface area contributed by atoms with Crippen molar-refractivity contribution in [3.05, 3.63) is 82.9 Å². The molecule has 2 aromatic rings. The maximum absolute atomic E-state index is 5.83. The van der Waals surface area contributed by atoms with Gasteiger partial charge < -0.3 is 4.74 Å². The van der Waals surface area contributed by atoms with Crippen LogP contribution < -0.4 is 0 Å². The molecule has 0 aliphatic heterocycles. The number of benzene rings is 2. The van der Waals surface area contributed by atoms with Crippen LogP contribution in [0.2, 0.25) is 10.0 Å². The van der Waals surface area contributed by atoms with E-state index >= 15 is 0 Å². The summed E-state index contributed by atoms with van der Waals surface area (Å²) in [6.07, 6.45) is 0. The van der Waals surface area contributed by atoms with E-state index in [2.05, 4.69) is 13.2 Å². The Hall–Kier alpha value is -1.70. The molecule has 0 unspecified atom stereocenters. The molecule has 0 atom stereocenters. The standard InChI is InChI=1S/C16H12Cl2O/c1-11(13-3-7-15(17)8-4-13)19-12(2)14-5-9-16(18)10-6-14/h3-10H,1-2H2. The van der Waals surface area contributed by atoms with Gasteiger partial charge in [-0.3, -0.25) is 0 Å². The van der Waals surface area contributed by atoms with Crippen LogP contribution in [0.5, 0.6) is 0 Å². The lowest BCUT2D eigenvalue weighted by molar-refractivity contribution is 0.474. The Morgan fingerprint density at radius 3 is 1.32 bits per heavy atom. The average molecular weight is 291 g/mol. The molecule has 0 aliphatic carbocycles. The van der Waals surface area contributed by atoms with Crippen molar-refractivity contribution in [2.24, 2.45) is 0 Å². The average Bonchev–Trinajstić information content (AvgIpc) is 2.40. The van der Waals surface area contributed by atoms with Crippen LogP contribution in [0.3, 0.4) is 0 Å². The van der Waals surface area contributed by atoms with Gasteiger partial charge in [0.1, 0.15) is 11.5 Å². The van der Waals surface area contributed by atoms with E-state index in [4.69, 9.17) is 27.9 Å². The van der Waals surface area contributed by atoms with Crippen molar-refractivity contribution in [3.8, 4) is 0 Å². The van der Waals surface area contributed by atoms with Gasteiger partial charge in [-0.05, 0) is 48.5 Å². The van der Waals surface area contributed by atoms with Gasteiger partial charge in [0.2, 0.25) is 0 Å². The van der Waals surface area contributed by atoms with Gasteiger partial charge in [-0.15, -0.1) is 0 Å². The number of halogens is 2. The Labute approximate surface area is 122 Å². The zero-order valence-corrected chi connectivity index (χ0v) is 11.7. The monoisotopic (exact) mass is 290 g/mol. The minimum Gasteiger partial charge on any atom is -0.457 e. The number of ether oxygens (including phenoxy) is 1. The summed E-state index contributed by atoms with van der Waals surface area (Å²) >= 11 is 11.7. The SMILES string of the molecule is C=C(OC(=C)c1ccc(Cl)cc1)c1ccc(Cl)cc1. The topological polar surface area (TPSA) is 9.23 Å². The third-order valence-corrected chi connectivity index (χ3v) is 3.08. The molecule has 0 aliphatic rings. The van der Waals surface area contributed by atoms with Crippen LogP contribution in [0, 0.1) is 0 Å². The van der Waals surface area contributed by atoms with E-state index in [1.54, 1.807) is 24.3 Å². The third-order valence-electron chi connectivity index (χ3n) is 2.58. The molecule has 0 aromatic heterocycles. The van der Waals surface area contributed by atoms with Crippen LogP contribution in [-0.4, -0.2) is 0 Å². The molecule has 2 aromatic carbocycles. The maximum Gasteiger partial charge on any atom is 0.127 e. The van der Waals surface area contributed by atoms with Crippen LogP contribution in [-0.2, 0) is 4.74 Å². The molecule has 19 heavy (non-hydrogen) atoms. The van der Waals surface area contributed by atoms with Crippen molar-refractivity contribution >= 4 is 34.7 Å². The highest BCUT2D eigenvalue weighted by Crippen LogP contribution is 2.24. The fourth-order valence-electron chi connectivity index (χ4n) is 1.54. The fourth-order valence-corrected chi connectivity index (χ4v) is 1.79. The number of rotatable bonds is 4. The molecule has 0 fully saturated rings. The lowest BCUT2D eigenvalue weighted by Crippen LogP contribution is -1.91. The van der Waals surface area contributed by atoms with Gasteiger partial charge in [0.05, 0.1) is 0 Å². The number of hydrogen-bond donors (Lipinski definition) is 0. The smallest absolute Gasteiger partial charge is 0.127 e. The molecule has 96 valence electrons. The van der Waals surface area contributed by atoms with Gasteiger partial charge in [0.15, 0.2) is 0 Å². The highest BCUT2D eigenvalue weighted by Gasteiger charge is 2.05. The molecule has 0 saturated carbocycles. The molecule has 1 nitrogen and oxygen atoms in total. The summed E-state index contributed by atoms with van der Waals surface area (Å²) < 4.78 is 5.63. The third kappa shape index (κ3) is 3.63. The normalized spacial score (nSPS) is 10.0. The summed E-state index contributed by atoms with van der Waals surface area (Å²) in [5.74, 6) is 1.05. The molecule has 0 radical (unpaired) electrons. The first-order valence-electron chi connectivity index (χ1n) is 5.64. The van der Waals surface area contributed by atoms with Crippen LogP contribution in [0.15, 0.2) is 61.7 Å². The Morgan fingerprint density at radius 1 is 0.684 bits per heavy atom. The van der Waals surface area contributed by atoms with E-state index in [-0.39, 0.29) is 0 Å². The van der Waals surface area contributed by atoms with Gasteiger partial charge in [0.25, 0.3) is 0 Å². The fraction of sp³-hybridized carbons (Fsp3) is 0. The summed E-state index contributed by atoms with van der Waals surface area (Å²) in [5, 5.41) is 1.35. The Balaban J connectivity index is 2.08. The molecule has 0 bridgehead atoms. The maximum atomic E-state index is 5.83. The molecule has 0 spiro atoms. The van der Waals surface area contributed by atoms with E-state index in [1.165, 1.54) is 0 Å². The minimum atomic E-state index is 0.525. The van der Waals surface area contributed by atoms with Crippen molar-refractivity contribution in [1.29, 1.82) is 0 Å². The van der Waals surface area contributed by atoms with Crippen molar-refractivity contribution in [1.82, 2.24) is 0 Å². The predicted molar refractivity (Wildman–Crippen MR) is 82.1 cm³/mol. The van der Waals surface area contributed by atoms with Crippen molar-refractivity contribution in [2.45, 2.75) is 0 Å². The van der Waals surface area contributed by atoms with Gasteiger partial charge in [-0.2, -0.15) is 0 Å². The predicted octanol–water partition coefficient (Wildman–Crippen LogP) is 5.65.